The van der Waals surface area contributed by atoms with Crippen molar-refractivity contribution in [2.24, 2.45) is 0 Å². The van der Waals surface area contributed by atoms with Gasteiger partial charge in [-0.2, -0.15) is 0 Å². The molecule has 5 nitrogen and oxygen atoms in total. The molecule has 2 heterocycles. The summed E-state index contributed by atoms with van der Waals surface area (Å²) < 4.78 is 8.13. The Kier molecular flexibility index (Phi) is 4.15. The first-order valence-electron chi connectivity index (χ1n) is 8.06. The van der Waals surface area contributed by atoms with Crippen LogP contribution in [0.25, 0.3) is 20.6 Å². The molecule has 3 aromatic rings. The molecule has 1 fully saturated rings. The van der Waals surface area contributed by atoms with Crippen LogP contribution in [0.4, 0.5) is 0 Å². The summed E-state index contributed by atoms with van der Waals surface area (Å²) >= 11 is 3.46. The van der Waals surface area contributed by atoms with E-state index in [0.717, 1.165) is 50.7 Å². The zero-order chi connectivity index (χ0) is 17.8. The fourth-order valence-corrected chi connectivity index (χ4v) is 7.72. The molecular formula is C18H15BrO5Se. The van der Waals surface area contributed by atoms with Crippen molar-refractivity contribution in [2.45, 2.75) is 37.7 Å². The minimum atomic E-state index is -1.29. The van der Waals surface area contributed by atoms with Crippen LogP contribution >= 0.6 is 15.9 Å². The summed E-state index contributed by atoms with van der Waals surface area (Å²) in [7, 11) is 0. The molecule has 0 atom stereocenters. The molecule has 1 saturated carbocycles. The Bertz CT molecular complexity index is 1060. The SMILES string of the molecule is O=C(O)c1cc2ccc3c(Br)c(C4(O)CCCCC4)[se]c3c2oc1=O. The average Bonchev–Trinajstić information content (AvgIpc) is 2.93. The molecule has 130 valence electrons. The van der Waals surface area contributed by atoms with E-state index in [2.05, 4.69) is 15.9 Å². The molecule has 0 bridgehead atoms. The van der Waals surface area contributed by atoms with Gasteiger partial charge in [0.2, 0.25) is 0 Å². The van der Waals surface area contributed by atoms with Gasteiger partial charge in [-0.05, 0) is 0 Å². The molecule has 1 aliphatic carbocycles. The van der Waals surface area contributed by atoms with Gasteiger partial charge in [-0.15, -0.1) is 0 Å². The van der Waals surface area contributed by atoms with Gasteiger partial charge in [0.15, 0.2) is 0 Å². The van der Waals surface area contributed by atoms with Gasteiger partial charge in [0, 0.05) is 0 Å². The van der Waals surface area contributed by atoms with Gasteiger partial charge in [0.25, 0.3) is 0 Å². The normalized spacial score (nSPS) is 17.2. The first-order chi connectivity index (χ1) is 11.9. The van der Waals surface area contributed by atoms with Gasteiger partial charge >= 0.3 is 157 Å². The van der Waals surface area contributed by atoms with Crippen LogP contribution in [0.1, 0.15) is 46.9 Å². The zero-order valence-electron chi connectivity index (χ0n) is 13.2. The van der Waals surface area contributed by atoms with Crippen molar-refractivity contribution in [3.8, 4) is 0 Å². The van der Waals surface area contributed by atoms with Crippen LogP contribution in [-0.4, -0.2) is 30.7 Å². The molecule has 0 saturated heterocycles. The van der Waals surface area contributed by atoms with Gasteiger partial charge in [0.1, 0.15) is 0 Å². The molecule has 0 amide bonds. The maximum atomic E-state index is 12.0. The Balaban J connectivity index is 1.99. The summed E-state index contributed by atoms with van der Waals surface area (Å²) in [6.07, 6.45) is 4.65. The predicted molar refractivity (Wildman–Crippen MR) is 98.6 cm³/mol. The number of aliphatic hydroxyl groups is 1. The summed E-state index contributed by atoms with van der Waals surface area (Å²) in [6.45, 7) is 0. The number of benzene rings is 1. The van der Waals surface area contributed by atoms with Crippen molar-refractivity contribution in [1.29, 1.82) is 0 Å². The first-order valence-corrected chi connectivity index (χ1v) is 10.6. The van der Waals surface area contributed by atoms with Gasteiger partial charge in [-0.25, -0.2) is 0 Å². The van der Waals surface area contributed by atoms with E-state index in [1.807, 2.05) is 6.07 Å². The van der Waals surface area contributed by atoms with E-state index in [1.165, 1.54) is 6.07 Å². The monoisotopic (exact) mass is 470 g/mol. The number of carboxylic acid groups (broad SMARTS) is 1. The van der Waals surface area contributed by atoms with Crippen LogP contribution in [0.3, 0.4) is 0 Å². The third kappa shape index (κ3) is 2.70. The van der Waals surface area contributed by atoms with Gasteiger partial charge in [-0.3, -0.25) is 0 Å². The molecule has 1 aromatic carbocycles. The van der Waals surface area contributed by atoms with Crippen molar-refractivity contribution in [1.82, 2.24) is 0 Å². The quantitative estimate of drug-likeness (QED) is 0.442. The summed E-state index contributed by atoms with van der Waals surface area (Å²) in [5.41, 5.74) is -1.58. The second-order valence-electron chi connectivity index (χ2n) is 6.45. The van der Waals surface area contributed by atoms with E-state index in [4.69, 9.17) is 9.52 Å². The van der Waals surface area contributed by atoms with Crippen molar-refractivity contribution in [3.63, 3.8) is 0 Å². The topological polar surface area (TPSA) is 87.7 Å². The zero-order valence-corrected chi connectivity index (χ0v) is 16.5. The number of carboxylic acids is 1. The van der Waals surface area contributed by atoms with Gasteiger partial charge < -0.3 is 0 Å². The summed E-state index contributed by atoms with van der Waals surface area (Å²) in [5.74, 6) is -1.29. The average molecular weight is 470 g/mol. The summed E-state index contributed by atoms with van der Waals surface area (Å²) in [5, 5.41) is 21.7. The van der Waals surface area contributed by atoms with Crippen molar-refractivity contribution in [2.75, 3.05) is 0 Å². The van der Waals surface area contributed by atoms with Crippen LogP contribution < -0.4 is 5.63 Å². The van der Waals surface area contributed by atoms with Gasteiger partial charge in [0.05, 0.1) is 0 Å². The van der Waals surface area contributed by atoms with E-state index >= 15 is 0 Å². The van der Waals surface area contributed by atoms with Crippen molar-refractivity contribution < 1.29 is 19.4 Å². The van der Waals surface area contributed by atoms with E-state index in [0.29, 0.717) is 11.0 Å². The molecule has 0 aliphatic heterocycles. The Hall–Kier alpha value is -1.40. The molecule has 4 rings (SSSR count). The van der Waals surface area contributed by atoms with Crippen LogP contribution in [0.15, 0.2) is 31.9 Å². The van der Waals surface area contributed by atoms with Crippen LogP contribution in [-0.2, 0) is 5.60 Å². The number of hydrogen-bond acceptors (Lipinski definition) is 4. The molecule has 0 radical (unpaired) electrons. The Morgan fingerprint density at radius 3 is 2.64 bits per heavy atom. The van der Waals surface area contributed by atoms with E-state index in [9.17, 15) is 14.7 Å². The van der Waals surface area contributed by atoms with Crippen molar-refractivity contribution >= 4 is 57.0 Å². The second kappa shape index (κ2) is 6.09. The minimum absolute atomic E-state index is 0.180. The second-order valence-corrected chi connectivity index (χ2v) is 9.39. The Labute approximate surface area is 157 Å². The maximum absolute atomic E-state index is 12.0. The number of aromatic carboxylic acids is 1. The third-order valence-electron chi connectivity index (χ3n) is 4.83. The molecule has 25 heavy (non-hydrogen) atoms. The van der Waals surface area contributed by atoms with Crippen molar-refractivity contribution in [3.05, 3.63) is 43.1 Å². The molecule has 2 N–H and O–H groups in total. The number of rotatable bonds is 2. The number of fused-ring (bicyclic) bond motifs is 3. The molecule has 0 spiro atoms. The number of halogens is 1. The Morgan fingerprint density at radius 2 is 1.96 bits per heavy atom. The van der Waals surface area contributed by atoms with Crippen LogP contribution in [0.2, 0.25) is 0 Å². The summed E-state index contributed by atoms with van der Waals surface area (Å²) in [6, 6.07) is 5.02. The molecule has 0 unspecified atom stereocenters. The predicted octanol–water partition coefficient (Wildman–Crippen LogP) is 3.62. The standard InChI is InChI=1S/C18H15BrO5Se/c19-12-10-5-4-9-8-11(16(20)21)17(22)24-13(9)14(10)25-15(12)18(23)6-2-1-3-7-18/h4-5,8,23H,1-3,6-7H2,(H,20,21). The molecule has 7 heteroatoms. The van der Waals surface area contributed by atoms with Crippen LogP contribution in [0, 0.1) is 0 Å². The molecule has 2 aromatic heterocycles. The van der Waals surface area contributed by atoms with E-state index in [-0.39, 0.29) is 20.1 Å². The van der Waals surface area contributed by atoms with Crippen LogP contribution in [0.5, 0.6) is 0 Å². The fourth-order valence-electron chi connectivity index (χ4n) is 3.51. The summed E-state index contributed by atoms with van der Waals surface area (Å²) in [4.78, 5) is 23.1. The molecule has 1 aliphatic rings. The first kappa shape index (κ1) is 17.0. The molecular weight excluding hydrogens is 455 g/mol. The fraction of sp³-hybridized carbons (Fsp3) is 0.333. The third-order valence-corrected chi connectivity index (χ3v) is 9.18. The van der Waals surface area contributed by atoms with E-state index < -0.39 is 17.2 Å². The van der Waals surface area contributed by atoms with Gasteiger partial charge in [-0.1, -0.05) is 0 Å². The number of carbonyl (C=O) groups is 1. The number of hydrogen-bond donors (Lipinski definition) is 2. The Morgan fingerprint density at radius 1 is 1.24 bits per heavy atom. The van der Waals surface area contributed by atoms with E-state index in [1.54, 1.807) is 6.07 Å².